The van der Waals surface area contributed by atoms with Crippen LogP contribution in [-0.2, 0) is 10.0 Å². The van der Waals surface area contributed by atoms with Crippen molar-refractivity contribution in [1.82, 2.24) is 13.7 Å². The average Bonchev–Trinajstić information content (AvgIpc) is 2.85. The summed E-state index contributed by atoms with van der Waals surface area (Å²) in [6, 6.07) is 5.28. The Morgan fingerprint density at radius 2 is 2.19 bits per heavy atom. The van der Waals surface area contributed by atoms with Crippen molar-refractivity contribution in [2.45, 2.75) is 25.3 Å². The Hall–Kier alpha value is -1.64. The van der Waals surface area contributed by atoms with E-state index in [0.29, 0.717) is 12.2 Å². The van der Waals surface area contributed by atoms with E-state index in [0.717, 1.165) is 6.42 Å². The summed E-state index contributed by atoms with van der Waals surface area (Å²) in [7, 11) is -2.11. The summed E-state index contributed by atoms with van der Waals surface area (Å²) in [6.45, 7) is 4.50. The maximum absolute atomic E-state index is 12.8. The van der Waals surface area contributed by atoms with Crippen molar-refractivity contribution in [3.8, 4) is 0 Å². The minimum atomic E-state index is -3.68. The number of nitrogens with zero attached hydrogens (tertiary/aromatic N) is 3. The van der Waals surface area contributed by atoms with Crippen LogP contribution in [0.3, 0.4) is 0 Å². The lowest BCUT2D eigenvalue weighted by atomic mass is 10.1. The molecule has 1 atom stereocenters. The van der Waals surface area contributed by atoms with Gasteiger partial charge in [-0.3, -0.25) is 4.40 Å². The van der Waals surface area contributed by atoms with E-state index in [2.05, 4.69) is 10.4 Å². The molecule has 0 saturated carbocycles. The molecule has 0 bridgehead atoms. The second-order valence-corrected chi connectivity index (χ2v) is 7.10. The zero-order valence-electron chi connectivity index (χ0n) is 12.4. The number of nitrogens with two attached hydrogens (primary N) is 1. The van der Waals surface area contributed by atoms with E-state index < -0.39 is 10.0 Å². The predicted octanol–water partition coefficient (Wildman–Crippen LogP) is 1.29. The number of rotatable bonds is 6. The summed E-state index contributed by atoms with van der Waals surface area (Å²) >= 11 is 0. The Morgan fingerprint density at radius 3 is 2.81 bits per heavy atom. The third-order valence-electron chi connectivity index (χ3n) is 3.54. The SMILES string of the molecule is CCC(C)CN(C)S(=O)(=O)c1c(NN)nc2ccccn12. The monoisotopic (exact) mass is 311 g/mol. The quantitative estimate of drug-likeness (QED) is 0.619. The van der Waals surface area contributed by atoms with Crippen LogP contribution in [0.4, 0.5) is 5.82 Å². The molecule has 2 heterocycles. The molecular weight excluding hydrogens is 290 g/mol. The van der Waals surface area contributed by atoms with Gasteiger partial charge in [0.1, 0.15) is 5.65 Å². The van der Waals surface area contributed by atoms with E-state index in [-0.39, 0.29) is 16.8 Å². The van der Waals surface area contributed by atoms with Crippen molar-refractivity contribution in [3.05, 3.63) is 24.4 Å². The maximum Gasteiger partial charge on any atom is 0.262 e. The Balaban J connectivity index is 2.53. The summed E-state index contributed by atoms with van der Waals surface area (Å²) in [6.07, 6.45) is 2.57. The summed E-state index contributed by atoms with van der Waals surface area (Å²) in [5.74, 6) is 5.86. The zero-order chi connectivity index (χ0) is 15.6. The number of nitrogens with one attached hydrogen (secondary N) is 1. The molecule has 116 valence electrons. The van der Waals surface area contributed by atoms with Gasteiger partial charge in [-0.2, -0.15) is 4.31 Å². The molecule has 2 aromatic rings. The Bertz CT molecular complexity index is 725. The van der Waals surface area contributed by atoms with Crippen LogP contribution >= 0.6 is 0 Å². The van der Waals surface area contributed by atoms with E-state index in [1.807, 2.05) is 13.8 Å². The number of hydrogen-bond donors (Lipinski definition) is 2. The fourth-order valence-corrected chi connectivity index (χ4v) is 3.63. The largest absolute Gasteiger partial charge is 0.306 e. The molecule has 3 N–H and O–H groups in total. The number of nitrogen functional groups attached to an aromatic ring is 1. The standard InChI is InChI=1S/C13H21N5O2S/c1-4-10(2)9-17(3)21(19,20)13-12(16-14)15-11-7-5-6-8-18(11)13/h5-8,10,16H,4,9,14H2,1-3H3. The molecule has 0 aromatic carbocycles. The van der Waals surface area contributed by atoms with Gasteiger partial charge in [-0.05, 0) is 18.1 Å². The highest BCUT2D eigenvalue weighted by Gasteiger charge is 2.29. The van der Waals surface area contributed by atoms with E-state index in [1.165, 1.54) is 8.71 Å². The molecule has 2 aromatic heterocycles. The van der Waals surface area contributed by atoms with Gasteiger partial charge < -0.3 is 5.43 Å². The molecule has 21 heavy (non-hydrogen) atoms. The van der Waals surface area contributed by atoms with Crippen molar-refractivity contribution >= 4 is 21.5 Å². The third-order valence-corrected chi connectivity index (χ3v) is 5.39. The van der Waals surface area contributed by atoms with E-state index in [1.54, 1.807) is 31.4 Å². The molecule has 0 radical (unpaired) electrons. The molecular formula is C13H21N5O2S. The Labute approximate surface area is 124 Å². The van der Waals surface area contributed by atoms with Crippen molar-refractivity contribution in [2.24, 2.45) is 11.8 Å². The number of hydrazine groups is 1. The number of aromatic nitrogens is 2. The highest BCUT2D eigenvalue weighted by molar-refractivity contribution is 7.89. The van der Waals surface area contributed by atoms with Gasteiger partial charge in [-0.1, -0.05) is 26.3 Å². The number of imidazole rings is 1. The van der Waals surface area contributed by atoms with Gasteiger partial charge in [0.15, 0.2) is 5.82 Å². The second-order valence-electron chi connectivity index (χ2n) is 5.14. The number of pyridine rings is 1. The minimum absolute atomic E-state index is 0.0615. The number of sulfonamides is 1. The normalized spacial score (nSPS) is 13.8. The van der Waals surface area contributed by atoms with E-state index in [4.69, 9.17) is 5.84 Å². The van der Waals surface area contributed by atoms with Gasteiger partial charge >= 0.3 is 0 Å². The third kappa shape index (κ3) is 2.87. The predicted molar refractivity (Wildman–Crippen MR) is 82.3 cm³/mol. The second kappa shape index (κ2) is 6.00. The maximum atomic E-state index is 12.8. The van der Waals surface area contributed by atoms with Gasteiger partial charge in [-0.25, -0.2) is 19.2 Å². The minimum Gasteiger partial charge on any atom is -0.306 e. The lowest BCUT2D eigenvalue weighted by Gasteiger charge is -2.20. The molecule has 0 fully saturated rings. The van der Waals surface area contributed by atoms with E-state index >= 15 is 0 Å². The highest BCUT2D eigenvalue weighted by Crippen LogP contribution is 2.25. The summed E-state index contributed by atoms with van der Waals surface area (Å²) in [5, 5.41) is 0.0615. The average molecular weight is 311 g/mol. The molecule has 0 aliphatic carbocycles. The van der Waals surface area contributed by atoms with Gasteiger partial charge in [0.2, 0.25) is 5.03 Å². The molecule has 0 spiro atoms. The fraction of sp³-hybridized carbons (Fsp3) is 0.462. The topological polar surface area (TPSA) is 92.7 Å². The Kier molecular flexibility index (Phi) is 4.50. The molecule has 2 rings (SSSR count). The lowest BCUT2D eigenvalue weighted by Crippen LogP contribution is -2.32. The van der Waals surface area contributed by atoms with Crippen LogP contribution in [0.15, 0.2) is 29.4 Å². The fourth-order valence-electron chi connectivity index (χ4n) is 2.13. The van der Waals surface area contributed by atoms with Crippen molar-refractivity contribution in [3.63, 3.8) is 0 Å². The molecule has 0 saturated heterocycles. The van der Waals surface area contributed by atoms with Crippen LogP contribution in [-0.4, -0.2) is 35.7 Å². The molecule has 0 aliphatic heterocycles. The van der Waals surface area contributed by atoms with Gasteiger partial charge in [-0.15, -0.1) is 0 Å². The zero-order valence-corrected chi connectivity index (χ0v) is 13.3. The van der Waals surface area contributed by atoms with E-state index in [9.17, 15) is 8.42 Å². The van der Waals surface area contributed by atoms with Crippen LogP contribution in [0, 0.1) is 5.92 Å². The summed E-state index contributed by atoms with van der Waals surface area (Å²) in [4.78, 5) is 4.20. The van der Waals surface area contributed by atoms with Crippen molar-refractivity contribution in [1.29, 1.82) is 0 Å². The van der Waals surface area contributed by atoms with Crippen LogP contribution in [0.5, 0.6) is 0 Å². The lowest BCUT2D eigenvalue weighted by molar-refractivity contribution is 0.392. The first kappa shape index (κ1) is 15.7. The Morgan fingerprint density at radius 1 is 1.48 bits per heavy atom. The number of anilines is 1. The van der Waals surface area contributed by atoms with Crippen LogP contribution in [0.25, 0.3) is 5.65 Å². The molecule has 0 aliphatic rings. The first-order valence-corrected chi connectivity index (χ1v) is 8.25. The molecule has 8 heteroatoms. The number of hydrogen-bond acceptors (Lipinski definition) is 5. The molecule has 7 nitrogen and oxygen atoms in total. The first-order valence-electron chi connectivity index (χ1n) is 6.81. The smallest absolute Gasteiger partial charge is 0.262 e. The molecule has 1 unspecified atom stereocenters. The van der Waals surface area contributed by atoms with Gasteiger partial charge in [0.25, 0.3) is 10.0 Å². The number of fused-ring (bicyclic) bond motifs is 1. The molecule has 0 amide bonds. The van der Waals surface area contributed by atoms with Crippen molar-refractivity contribution < 1.29 is 8.42 Å². The highest BCUT2D eigenvalue weighted by atomic mass is 32.2. The van der Waals surface area contributed by atoms with Crippen LogP contribution in [0.2, 0.25) is 0 Å². The summed E-state index contributed by atoms with van der Waals surface area (Å²) < 4.78 is 28.5. The van der Waals surface area contributed by atoms with Crippen molar-refractivity contribution in [2.75, 3.05) is 19.0 Å². The van der Waals surface area contributed by atoms with Gasteiger partial charge in [0, 0.05) is 19.8 Å². The van der Waals surface area contributed by atoms with Crippen LogP contribution < -0.4 is 11.3 Å². The van der Waals surface area contributed by atoms with Gasteiger partial charge in [0.05, 0.1) is 0 Å². The van der Waals surface area contributed by atoms with Crippen LogP contribution in [0.1, 0.15) is 20.3 Å². The first-order chi connectivity index (χ1) is 9.91. The summed E-state index contributed by atoms with van der Waals surface area (Å²) in [5.41, 5.74) is 2.90.